The predicted molar refractivity (Wildman–Crippen MR) is 110 cm³/mol. The van der Waals surface area contributed by atoms with Crippen LogP contribution in [0.3, 0.4) is 0 Å². The number of hydrogen-bond acceptors (Lipinski definition) is 4. The second-order valence-electron chi connectivity index (χ2n) is 7.62. The fraction of sp³-hybridized carbons (Fsp3) is 0.381. The maximum Gasteiger partial charge on any atom is 0.433 e. The van der Waals surface area contributed by atoms with Crippen LogP contribution in [0.25, 0.3) is 0 Å². The van der Waals surface area contributed by atoms with E-state index in [4.69, 9.17) is 0 Å². The highest BCUT2D eigenvalue weighted by Crippen LogP contribution is 2.34. The molecule has 31 heavy (non-hydrogen) atoms. The molecule has 2 aromatic rings. The molecule has 1 unspecified atom stereocenters. The first-order valence-corrected chi connectivity index (χ1v) is 11.1. The van der Waals surface area contributed by atoms with Gasteiger partial charge in [-0.2, -0.15) is 9.37 Å². The van der Waals surface area contributed by atoms with Crippen LogP contribution in [-0.4, -0.2) is 46.4 Å². The van der Waals surface area contributed by atoms with Crippen molar-refractivity contribution in [2.75, 3.05) is 6.54 Å². The minimum absolute atomic E-state index is 0.0141. The molecule has 1 atom stereocenters. The lowest BCUT2D eigenvalue weighted by molar-refractivity contribution is -0.183. The van der Waals surface area contributed by atoms with Crippen LogP contribution in [0.5, 0.6) is 0 Å². The average Bonchev–Trinajstić information content (AvgIpc) is 2.71. The van der Waals surface area contributed by atoms with Crippen LogP contribution in [-0.2, 0) is 16.4 Å². The van der Waals surface area contributed by atoms with Crippen molar-refractivity contribution < 1.29 is 32.3 Å². The van der Waals surface area contributed by atoms with Gasteiger partial charge in [-0.3, -0.25) is 5.21 Å². The van der Waals surface area contributed by atoms with Gasteiger partial charge in [0.1, 0.15) is 17.3 Å². The van der Waals surface area contributed by atoms with Gasteiger partial charge in [0, 0.05) is 13.0 Å². The van der Waals surface area contributed by atoms with Gasteiger partial charge >= 0.3 is 6.09 Å². The monoisotopic (exact) mass is 456 g/mol. The third-order valence-electron chi connectivity index (χ3n) is 4.94. The van der Waals surface area contributed by atoms with Crippen molar-refractivity contribution in [1.29, 1.82) is 0 Å². The maximum absolute atomic E-state index is 13.6. The molecule has 0 fully saturated rings. The lowest BCUT2D eigenvalue weighted by Crippen LogP contribution is -2.64. The van der Waals surface area contributed by atoms with Crippen LogP contribution >= 0.6 is 0 Å². The molecule has 0 aliphatic carbocycles. The molecule has 0 aliphatic rings. The van der Waals surface area contributed by atoms with E-state index in [2.05, 4.69) is 0 Å². The number of benzene rings is 2. The van der Waals surface area contributed by atoms with E-state index in [0.717, 1.165) is 28.6 Å². The van der Waals surface area contributed by atoms with Crippen LogP contribution in [0.15, 0.2) is 53.4 Å². The van der Waals surface area contributed by atoms with Crippen molar-refractivity contribution in [2.24, 2.45) is 5.92 Å². The topological polar surface area (TPSA) is 98.1 Å². The highest BCUT2D eigenvalue weighted by atomic mass is 32.2. The second-order valence-corrected chi connectivity index (χ2v) is 9.48. The first-order chi connectivity index (χ1) is 14.4. The van der Waals surface area contributed by atoms with Crippen molar-refractivity contribution in [2.45, 2.75) is 44.2 Å². The summed E-state index contributed by atoms with van der Waals surface area (Å²) in [5.74, 6) is -1.38. The summed E-state index contributed by atoms with van der Waals surface area (Å²) in [6.07, 6.45) is -2.09. The molecular formula is C21H26F2N2O5S. The summed E-state index contributed by atoms with van der Waals surface area (Å²) in [7, 11) is -4.36. The number of amides is 1. The summed E-state index contributed by atoms with van der Waals surface area (Å²) in [5.41, 5.74) is -1.51. The standard InChI is InChI=1S/C21H26F2N2O5S/c1-4-21(25(28)20(26)27,13-16-5-7-17(22)8-6-16)24(14-15(2)3)31(29,30)19-11-9-18(23)10-12-19/h5-12,15,28H,4,13-14H2,1-3H3,(H,26,27). The van der Waals surface area contributed by atoms with E-state index < -0.39 is 33.4 Å². The molecule has 170 valence electrons. The Labute approximate surface area is 180 Å². The van der Waals surface area contributed by atoms with Gasteiger partial charge in [-0.25, -0.2) is 22.0 Å². The number of rotatable bonds is 9. The minimum atomic E-state index is -4.36. The van der Waals surface area contributed by atoms with E-state index in [0.29, 0.717) is 5.56 Å². The Morgan fingerprint density at radius 3 is 1.94 bits per heavy atom. The highest BCUT2D eigenvalue weighted by Gasteiger charge is 2.49. The van der Waals surface area contributed by atoms with Crippen LogP contribution in [0.2, 0.25) is 0 Å². The van der Waals surface area contributed by atoms with E-state index in [1.54, 1.807) is 20.8 Å². The normalized spacial score (nSPS) is 13.9. The summed E-state index contributed by atoms with van der Waals surface area (Å²) in [6.45, 7) is 4.91. The maximum atomic E-state index is 13.6. The van der Waals surface area contributed by atoms with Crippen LogP contribution in [0, 0.1) is 17.6 Å². The van der Waals surface area contributed by atoms with Gasteiger partial charge in [0.15, 0.2) is 0 Å². The second kappa shape index (κ2) is 9.71. The zero-order chi connectivity index (χ0) is 23.4. The number of carbonyl (C=O) groups is 1. The number of hydroxylamine groups is 2. The molecule has 1 amide bonds. The van der Waals surface area contributed by atoms with Gasteiger partial charge in [0.25, 0.3) is 0 Å². The van der Waals surface area contributed by atoms with E-state index >= 15 is 0 Å². The zero-order valence-electron chi connectivity index (χ0n) is 17.5. The number of nitrogens with zero attached hydrogens (tertiary/aromatic N) is 2. The molecule has 0 heterocycles. The van der Waals surface area contributed by atoms with E-state index in [1.807, 2.05) is 0 Å². The highest BCUT2D eigenvalue weighted by molar-refractivity contribution is 7.89. The minimum Gasteiger partial charge on any atom is -0.463 e. The fourth-order valence-electron chi connectivity index (χ4n) is 3.38. The Bertz CT molecular complexity index is 997. The molecule has 0 saturated carbocycles. The molecule has 0 aromatic heterocycles. The molecule has 2 rings (SSSR count). The van der Waals surface area contributed by atoms with Gasteiger partial charge in [-0.15, -0.1) is 0 Å². The number of sulfonamides is 1. The lowest BCUT2D eigenvalue weighted by Gasteiger charge is -2.46. The van der Waals surface area contributed by atoms with E-state index in [1.165, 1.54) is 24.3 Å². The number of hydrogen-bond donors (Lipinski definition) is 2. The number of halogens is 2. The molecule has 7 nitrogen and oxygen atoms in total. The largest absolute Gasteiger partial charge is 0.463 e. The fourth-order valence-corrected chi connectivity index (χ4v) is 5.33. The molecule has 2 N–H and O–H groups in total. The number of carboxylic acid groups (broad SMARTS) is 1. The van der Waals surface area contributed by atoms with Crippen LogP contribution in [0.1, 0.15) is 32.8 Å². The summed E-state index contributed by atoms with van der Waals surface area (Å²) >= 11 is 0. The smallest absolute Gasteiger partial charge is 0.433 e. The van der Waals surface area contributed by atoms with Crippen molar-refractivity contribution in [3.05, 3.63) is 65.7 Å². The predicted octanol–water partition coefficient (Wildman–Crippen LogP) is 4.33. The van der Waals surface area contributed by atoms with Crippen molar-refractivity contribution in [3.63, 3.8) is 0 Å². The lowest BCUT2D eigenvalue weighted by atomic mass is 9.95. The third-order valence-corrected chi connectivity index (χ3v) is 6.88. The van der Waals surface area contributed by atoms with Crippen LogP contribution < -0.4 is 0 Å². The zero-order valence-corrected chi connectivity index (χ0v) is 18.3. The molecule has 2 aromatic carbocycles. The molecule has 0 bridgehead atoms. The molecule has 0 aliphatic heterocycles. The molecule has 0 radical (unpaired) electrons. The van der Waals surface area contributed by atoms with Crippen molar-refractivity contribution >= 4 is 16.1 Å². The third kappa shape index (κ3) is 5.38. The quantitative estimate of drug-likeness (QED) is 0.333. The summed E-state index contributed by atoms with van der Waals surface area (Å²) in [6, 6.07) is 9.27. The Kier molecular flexibility index (Phi) is 7.74. The van der Waals surface area contributed by atoms with Crippen LogP contribution in [0.4, 0.5) is 13.6 Å². The molecule has 0 spiro atoms. The van der Waals surface area contributed by atoms with Gasteiger partial charge < -0.3 is 5.11 Å². The van der Waals surface area contributed by atoms with Crippen molar-refractivity contribution in [3.8, 4) is 0 Å². The van der Waals surface area contributed by atoms with Crippen molar-refractivity contribution in [1.82, 2.24) is 9.37 Å². The Balaban J connectivity index is 2.72. The summed E-state index contributed by atoms with van der Waals surface area (Å²) < 4.78 is 54.8. The first kappa shape index (κ1) is 24.7. The van der Waals surface area contributed by atoms with Gasteiger partial charge in [0.05, 0.1) is 4.90 Å². The van der Waals surface area contributed by atoms with Gasteiger partial charge in [-0.05, 0) is 54.3 Å². The molecule has 0 saturated heterocycles. The molecule has 10 heteroatoms. The Morgan fingerprint density at radius 2 is 1.52 bits per heavy atom. The van der Waals surface area contributed by atoms with E-state index in [9.17, 15) is 32.3 Å². The Hall–Kier alpha value is -2.56. The summed E-state index contributed by atoms with van der Waals surface area (Å²) in [5, 5.41) is 20.1. The Morgan fingerprint density at radius 1 is 1.03 bits per heavy atom. The SMILES string of the molecule is CCC(Cc1ccc(F)cc1)(N(O)C(=O)O)N(CC(C)C)S(=O)(=O)c1ccc(F)cc1. The van der Waals surface area contributed by atoms with Gasteiger partial charge in [-0.1, -0.05) is 32.9 Å². The van der Waals surface area contributed by atoms with Gasteiger partial charge in [0.2, 0.25) is 10.0 Å². The van der Waals surface area contributed by atoms with E-state index in [-0.39, 0.29) is 35.3 Å². The molecular weight excluding hydrogens is 430 g/mol. The first-order valence-electron chi connectivity index (χ1n) is 9.69. The average molecular weight is 457 g/mol. The summed E-state index contributed by atoms with van der Waals surface area (Å²) in [4.78, 5) is 11.5.